The van der Waals surface area contributed by atoms with Gasteiger partial charge in [0.15, 0.2) is 0 Å². The predicted molar refractivity (Wildman–Crippen MR) is 134 cm³/mol. The van der Waals surface area contributed by atoms with Crippen LogP contribution < -0.4 is 4.90 Å². The summed E-state index contributed by atoms with van der Waals surface area (Å²) in [5.41, 5.74) is 4.52. The van der Waals surface area contributed by atoms with Crippen molar-refractivity contribution in [1.29, 1.82) is 0 Å². The first-order valence-corrected chi connectivity index (χ1v) is 11.7. The third kappa shape index (κ3) is 3.25. The maximum absolute atomic E-state index is 14.5. The molecule has 2 aliphatic rings. The lowest BCUT2D eigenvalue weighted by molar-refractivity contribution is -0.289. The standard InChI is InChI=1S/C30H27NO3/c1-29(2)19-33-30(34-20-29)25-15-9-8-14-24(25)27-23-13-7-6-12-22(23)16-17-26(27)31(28(30)32)18-21-10-4-3-5-11-21/h3-17H,18-20H2,1-2H3. The fourth-order valence-electron chi connectivity index (χ4n) is 5.04. The molecule has 170 valence electrons. The molecule has 6 rings (SSSR count). The van der Waals surface area contributed by atoms with Crippen LogP contribution in [0.5, 0.6) is 0 Å². The third-order valence-corrected chi connectivity index (χ3v) is 6.79. The fourth-order valence-corrected chi connectivity index (χ4v) is 5.04. The first-order valence-electron chi connectivity index (χ1n) is 11.7. The Morgan fingerprint density at radius 1 is 0.794 bits per heavy atom. The van der Waals surface area contributed by atoms with E-state index in [0.717, 1.165) is 38.7 Å². The fraction of sp³-hybridized carbons (Fsp3) is 0.233. The molecular formula is C30H27NO3. The summed E-state index contributed by atoms with van der Waals surface area (Å²) in [6, 6.07) is 30.6. The van der Waals surface area contributed by atoms with Crippen LogP contribution in [0.1, 0.15) is 25.0 Å². The van der Waals surface area contributed by atoms with Crippen LogP contribution in [0.25, 0.3) is 21.9 Å². The third-order valence-electron chi connectivity index (χ3n) is 6.79. The van der Waals surface area contributed by atoms with Crippen molar-refractivity contribution in [1.82, 2.24) is 0 Å². The summed E-state index contributed by atoms with van der Waals surface area (Å²) in [5.74, 6) is -1.67. The minimum absolute atomic E-state index is 0.170. The van der Waals surface area contributed by atoms with Gasteiger partial charge in [0, 0.05) is 16.5 Å². The molecule has 0 N–H and O–H groups in total. The smallest absolute Gasteiger partial charge is 0.292 e. The average molecular weight is 450 g/mol. The second kappa shape index (κ2) is 7.79. The number of benzene rings is 4. The van der Waals surface area contributed by atoms with Crippen molar-refractivity contribution in [3.05, 3.63) is 102 Å². The van der Waals surface area contributed by atoms with E-state index in [9.17, 15) is 4.79 Å². The second-order valence-corrected chi connectivity index (χ2v) is 9.96. The van der Waals surface area contributed by atoms with Crippen LogP contribution in [0.2, 0.25) is 0 Å². The quantitative estimate of drug-likeness (QED) is 0.362. The van der Waals surface area contributed by atoms with Gasteiger partial charge in [-0.1, -0.05) is 98.8 Å². The van der Waals surface area contributed by atoms with Crippen molar-refractivity contribution in [3.63, 3.8) is 0 Å². The Balaban J connectivity index is 1.64. The van der Waals surface area contributed by atoms with E-state index in [1.54, 1.807) is 0 Å². The number of carbonyl (C=O) groups is 1. The summed E-state index contributed by atoms with van der Waals surface area (Å²) in [7, 11) is 0. The summed E-state index contributed by atoms with van der Waals surface area (Å²) in [6.45, 7) is 5.48. The minimum atomic E-state index is -1.49. The van der Waals surface area contributed by atoms with Gasteiger partial charge >= 0.3 is 0 Å². The van der Waals surface area contributed by atoms with E-state index in [-0.39, 0.29) is 11.3 Å². The summed E-state index contributed by atoms with van der Waals surface area (Å²) in [6.07, 6.45) is 0. The van der Waals surface area contributed by atoms with E-state index in [2.05, 4.69) is 44.2 Å². The summed E-state index contributed by atoms with van der Waals surface area (Å²) in [4.78, 5) is 16.3. The second-order valence-electron chi connectivity index (χ2n) is 9.96. The highest BCUT2D eigenvalue weighted by atomic mass is 16.7. The molecule has 1 amide bonds. The minimum Gasteiger partial charge on any atom is -0.338 e. The van der Waals surface area contributed by atoms with Gasteiger partial charge in [-0.15, -0.1) is 0 Å². The lowest BCUT2D eigenvalue weighted by Crippen LogP contribution is -2.55. The molecular weight excluding hydrogens is 422 g/mol. The van der Waals surface area contributed by atoms with Gasteiger partial charge in [0.2, 0.25) is 0 Å². The van der Waals surface area contributed by atoms with Gasteiger partial charge in [-0.25, -0.2) is 0 Å². The van der Waals surface area contributed by atoms with Crippen LogP contribution in [0.3, 0.4) is 0 Å². The van der Waals surface area contributed by atoms with Crippen LogP contribution in [-0.2, 0) is 26.6 Å². The summed E-state index contributed by atoms with van der Waals surface area (Å²) >= 11 is 0. The number of anilines is 1. The van der Waals surface area contributed by atoms with Crippen molar-refractivity contribution in [2.75, 3.05) is 18.1 Å². The van der Waals surface area contributed by atoms with E-state index < -0.39 is 5.79 Å². The molecule has 1 saturated heterocycles. The average Bonchev–Trinajstić information content (AvgIpc) is 2.95. The van der Waals surface area contributed by atoms with Crippen molar-refractivity contribution in [3.8, 4) is 11.1 Å². The molecule has 0 unspecified atom stereocenters. The zero-order valence-corrected chi connectivity index (χ0v) is 19.5. The van der Waals surface area contributed by atoms with E-state index in [4.69, 9.17) is 9.47 Å². The highest BCUT2D eigenvalue weighted by Crippen LogP contribution is 2.50. The molecule has 0 saturated carbocycles. The lowest BCUT2D eigenvalue weighted by atomic mass is 9.89. The molecule has 2 heterocycles. The van der Waals surface area contributed by atoms with Gasteiger partial charge < -0.3 is 14.4 Å². The number of hydrogen-bond donors (Lipinski definition) is 0. The van der Waals surface area contributed by atoms with Crippen molar-refractivity contribution in [2.24, 2.45) is 5.41 Å². The van der Waals surface area contributed by atoms with Gasteiger partial charge in [0.05, 0.1) is 25.4 Å². The van der Waals surface area contributed by atoms with E-state index in [1.807, 2.05) is 65.6 Å². The molecule has 34 heavy (non-hydrogen) atoms. The molecule has 0 aliphatic carbocycles. The molecule has 0 atom stereocenters. The lowest BCUT2D eigenvalue weighted by Gasteiger charge is -2.43. The summed E-state index contributed by atoms with van der Waals surface area (Å²) < 4.78 is 12.9. The van der Waals surface area contributed by atoms with Gasteiger partial charge in [0.25, 0.3) is 11.7 Å². The number of carbonyl (C=O) groups excluding carboxylic acids is 1. The zero-order valence-electron chi connectivity index (χ0n) is 19.5. The highest BCUT2D eigenvalue weighted by Gasteiger charge is 2.53. The van der Waals surface area contributed by atoms with Gasteiger partial charge in [0.1, 0.15) is 0 Å². The van der Waals surface area contributed by atoms with Crippen molar-refractivity contribution >= 4 is 22.4 Å². The number of amides is 1. The maximum Gasteiger partial charge on any atom is 0.292 e. The van der Waals surface area contributed by atoms with Gasteiger partial charge in [-0.2, -0.15) is 0 Å². The van der Waals surface area contributed by atoms with E-state index in [0.29, 0.717) is 19.8 Å². The number of hydrogen-bond acceptors (Lipinski definition) is 3. The molecule has 4 nitrogen and oxygen atoms in total. The van der Waals surface area contributed by atoms with Gasteiger partial charge in [-0.3, -0.25) is 4.79 Å². The molecule has 4 aromatic rings. The number of nitrogens with zero attached hydrogens (tertiary/aromatic N) is 1. The Labute approximate surface area is 199 Å². The van der Waals surface area contributed by atoms with Crippen LogP contribution >= 0.6 is 0 Å². The zero-order chi connectivity index (χ0) is 23.3. The molecule has 4 heteroatoms. The van der Waals surface area contributed by atoms with E-state index in [1.165, 1.54) is 0 Å². The SMILES string of the molecule is CC1(C)COC2(OC1)C(=O)N(Cc1ccccc1)c1ccc3ccccc3c1-c1ccccc12. The molecule has 4 aromatic carbocycles. The monoisotopic (exact) mass is 449 g/mol. The first-order chi connectivity index (χ1) is 16.5. The van der Waals surface area contributed by atoms with Crippen LogP contribution in [0, 0.1) is 5.41 Å². The van der Waals surface area contributed by atoms with Crippen LogP contribution in [-0.4, -0.2) is 19.1 Å². The Bertz CT molecular complexity index is 1380. The predicted octanol–water partition coefficient (Wildman–Crippen LogP) is 6.28. The van der Waals surface area contributed by atoms with Crippen LogP contribution in [0.15, 0.2) is 91.0 Å². The number of rotatable bonds is 2. The highest BCUT2D eigenvalue weighted by molar-refractivity contribution is 6.12. The Morgan fingerprint density at radius 2 is 1.47 bits per heavy atom. The van der Waals surface area contributed by atoms with E-state index >= 15 is 0 Å². The molecule has 1 fully saturated rings. The largest absolute Gasteiger partial charge is 0.338 e. The Morgan fingerprint density at radius 3 is 2.26 bits per heavy atom. The Hall–Kier alpha value is -3.47. The van der Waals surface area contributed by atoms with Crippen LogP contribution in [0.4, 0.5) is 5.69 Å². The molecule has 1 spiro atoms. The first kappa shape index (κ1) is 21.1. The molecule has 0 aromatic heterocycles. The van der Waals surface area contributed by atoms with Crippen molar-refractivity contribution < 1.29 is 14.3 Å². The number of fused-ring (bicyclic) bond motifs is 6. The molecule has 2 aliphatic heterocycles. The topological polar surface area (TPSA) is 38.8 Å². The Kier molecular flexibility index (Phi) is 4.83. The molecule has 0 radical (unpaired) electrons. The normalized spacial score (nSPS) is 18.4. The number of ether oxygens (including phenoxy) is 2. The maximum atomic E-state index is 14.5. The van der Waals surface area contributed by atoms with Crippen molar-refractivity contribution in [2.45, 2.75) is 26.2 Å². The molecule has 0 bridgehead atoms. The van der Waals surface area contributed by atoms with Gasteiger partial charge in [-0.05, 0) is 28.0 Å². The summed E-state index contributed by atoms with van der Waals surface area (Å²) in [5, 5.41) is 2.23.